The highest BCUT2D eigenvalue weighted by Crippen LogP contribution is 2.25. The van der Waals surface area contributed by atoms with Crippen LogP contribution < -0.4 is 10.2 Å². The van der Waals surface area contributed by atoms with Gasteiger partial charge in [0.25, 0.3) is 0 Å². The third kappa shape index (κ3) is 3.88. The largest absolute Gasteiger partial charge is 0.345 e. The summed E-state index contributed by atoms with van der Waals surface area (Å²) in [5.74, 6) is 1.89. The van der Waals surface area contributed by atoms with E-state index in [9.17, 15) is 9.59 Å². The van der Waals surface area contributed by atoms with Crippen molar-refractivity contribution in [3.8, 4) is 12.3 Å². The minimum absolute atomic E-state index is 0.0119. The number of unbranched alkanes of at least 4 members (excludes halogenated alkanes) is 1. The highest BCUT2D eigenvalue weighted by molar-refractivity contribution is 6.00. The Labute approximate surface area is 131 Å². The van der Waals surface area contributed by atoms with Crippen molar-refractivity contribution in [2.75, 3.05) is 18.0 Å². The minimum atomic E-state index is -0.319. The van der Waals surface area contributed by atoms with E-state index in [2.05, 4.69) is 30.3 Å². The van der Waals surface area contributed by atoms with Crippen molar-refractivity contribution in [3.63, 3.8) is 0 Å². The van der Waals surface area contributed by atoms with Gasteiger partial charge in [-0.05, 0) is 30.5 Å². The first kappa shape index (κ1) is 16.1. The molecule has 0 aliphatic carbocycles. The summed E-state index contributed by atoms with van der Waals surface area (Å²) in [6.07, 6.45) is 8.76. The van der Waals surface area contributed by atoms with E-state index in [1.807, 2.05) is 12.1 Å². The van der Waals surface area contributed by atoms with E-state index in [-0.39, 0.29) is 30.7 Å². The SMILES string of the molecule is C#CCNC(=O)C1CC(=O)N(c2ccc(CCCC)cc2)C1. The summed E-state index contributed by atoms with van der Waals surface area (Å²) in [6.45, 7) is 2.79. The summed E-state index contributed by atoms with van der Waals surface area (Å²) in [5.41, 5.74) is 2.14. The van der Waals surface area contributed by atoms with Crippen LogP contribution in [0.4, 0.5) is 5.69 Å². The number of aryl methyl sites for hydroxylation is 1. The van der Waals surface area contributed by atoms with Crippen LogP contribution in [0.5, 0.6) is 0 Å². The lowest BCUT2D eigenvalue weighted by atomic mass is 10.1. The number of nitrogens with zero attached hydrogens (tertiary/aromatic N) is 1. The number of benzene rings is 1. The number of hydrogen-bond donors (Lipinski definition) is 1. The molecule has 1 atom stereocenters. The van der Waals surface area contributed by atoms with Crippen LogP contribution >= 0.6 is 0 Å². The number of hydrogen-bond acceptors (Lipinski definition) is 2. The molecular weight excluding hydrogens is 276 g/mol. The summed E-state index contributed by atoms with van der Waals surface area (Å²) >= 11 is 0. The molecule has 116 valence electrons. The van der Waals surface area contributed by atoms with Gasteiger partial charge >= 0.3 is 0 Å². The Balaban J connectivity index is 1.99. The van der Waals surface area contributed by atoms with Crippen molar-refractivity contribution in [2.24, 2.45) is 5.92 Å². The van der Waals surface area contributed by atoms with Gasteiger partial charge in [0.05, 0.1) is 12.5 Å². The van der Waals surface area contributed by atoms with Crippen molar-refractivity contribution >= 4 is 17.5 Å². The number of terminal acetylenes is 1. The number of rotatable bonds is 6. The quantitative estimate of drug-likeness (QED) is 0.818. The first-order chi connectivity index (χ1) is 10.7. The average molecular weight is 298 g/mol. The normalized spacial score (nSPS) is 17.4. The second-order valence-corrected chi connectivity index (χ2v) is 5.60. The predicted octanol–water partition coefficient (Wildman–Crippen LogP) is 2.13. The van der Waals surface area contributed by atoms with Crippen LogP contribution in [0.2, 0.25) is 0 Å². The first-order valence-electron chi connectivity index (χ1n) is 7.76. The molecule has 1 aromatic carbocycles. The second-order valence-electron chi connectivity index (χ2n) is 5.60. The Morgan fingerprint density at radius 2 is 2.14 bits per heavy atom. The van der Waals surface area contributed by atoms with Gasteiger partial charge in [0.1, 0.15) is 0 Å². The zero-order chi connectivity index (χ0) is 15.9. The highest BCUT2D eigenvalue weighted by Gasteiger charge is 2.34. The number of anilines is 1. The second kappa shape index (κ2) is 7.65. The molecule has 0 aromatic heterocycles. The fourth-order valence-electron chi connectivity index (χ4n) is 2.64. The van der Waals surface area contributed by atoms with E-state index in [0.29, 0.717) is 6.54 Å². The van der Waals surface area contributed by atoms with Crippen LogP contribution in [0.3, 0.4) is 0 Å². The molecule has 4 heteroatoms. The van der Waals surface area contributed by atoms with E-state index in [0.717, 1.165) is 12.1 Å². The average Bonchev–Trinajstić information content (AvgIpc) is 2.93. The van der Waals surface area contributed by atoms with Gasteiger partial charge in [-0.2, -0.15) is 0 Å². The van der Waals surface area contributed by atoms with Gasteiger partial charge in [0.15, 0.2) is 0 Å². The summed E-state index contributed by atoms with van der Waals surface area (Å²) in [7, 11) is 0. The van der Waals surface area contributed by atoms with Crippen LogP contribution in [-0.4, -0.2) is 24.9 Å². The Hall–Kier alpha value is -2.28. The van der Waals surface area contributed by atoms with Crippen LogP contribution in [0, 0.1) is 18.3 Å². The van der Waals surface area contributed by atoms with Crippen molar-refractivity contribution in [1.82, 2.24) is 5.32 Å². The fourth-order valence-corrected chi connectivity index (χ4v) is 2.64. The number of nitrogens with one attached hydrogen (secondary N) is 1. The fraction of sp³-hybridized carbons (Fsp3) is 0.444. The Kier molecular flexibility index (Phi) is 5.60. The molecule has 0 saturated carbocycles. The molecule has 0 radical (unpaired) electrons. The van der Waals surface area contributed by atoms with Gasteiger partial charge in [-0.3, -0.25) is 9.59 Å². The Morgan fingerprint density at radius 1 is 1.41 bits per heavy atom. The third-order valence-electron chi connectivity index (χ3n) is 3.93. The topological polar surface area (TPSA) is 49.4 Å². The zero-order valence-electron chi connectivity index (χ0n) is 13.0. The molecule has 2 amide bonds. The maximum Gasteiger partial charge on any atom is 0.227 e. The molecule has 1 aromatic rings. The van der Waals surface area contributed by atoms with Gasteiger partial charge in [-0.25, -0.2) is 0 Å². The van der Waals surface area contributed by atoms with E-state index in [1.165, 1.54) is 18.4 Å². The maximum absolute atomic E-state index is 12.1. The van der Waals surface area contributed by atoms with Crippen molar-refractivity contribution in [1.29, 1.82) is 0 Å². The molecule has 1 unspecified atom stereocenters. The van der Waals surface area contributed by atoms with Crippen molar-refractivity contribution < 1.29 is 9.59 Å². The van der Waals surface area contributed by atoms with Crippen LogP contribution in [0.1, 0.15) is 31.7 Å². The Morgan fingerprint density at radius 3 is 2.77 bits per heavy atom. The maximum atomic E-state index is 12.1. The standard InChI is InChI=1S/C18H22N2O2/c1-3-5-6-14-7-9-16(10-8-14)20-13-15(12-17(20)21)18(22)19-11-4-2/h2,7-10,15H,3,5-6,11-13H2,1H3,(H,19,22). The number of amides is 2. The molecule has 4 nitrogen and oxygen atoms in total. The number of carbonyl (C=O) groups excluding carboxylic acids is 2. The van der Waals surface area contributed by atoms with E-state index >= 15 is 0 Å². The molecule has 1 aliphatic rings. The third-order valence-corrected chi connectivity index (χ3v) is 3.93. The number of carbonyl (C=O) groups is 2. The van der Waals surface area contributed by atoms with Gasteiger partial charge in [-0.1, -0.05) is 31.4 Å². The Bertz CT molecular complexity index is 572. The summed E-state index contributed by atoms with van der Waals surface area (Å²) in [6, 6.07) is 8.04. The van der Waals surface area contributed by atoms with Crippen molar-refractivity contribution in [3.05, 3.63) is 29.8 Å². The van der Waals surface area contributed by atoms with E-state index < -0.39 is 0 Å². The van der Waals surface area contributed by atoms with Gasteiger partial charge in [-0.15, -0.1) is 6.42 Å². The monoisotopic (exact) mass is 298 g/mol. The molecule has 1 saturated heterocycles. The molecule has 1 aliphatic heterocycles. The predicted molar refractivity (Wildman–Crippen MR) is 87.4 cm³/mol. The molecule has 1 heterocycles. The smallest absolute Gasteiger partial charge is 0.227 e. The zero-order valence-corrected chi connectivity index (χ0v) is 13.0. The summed E-state index contributed by atoms with van der Waals surface area (Å²) < 4.78 is 0. The van der Waals surface area contributed by atoms with Crippen LogP contribution in [0.25, 0.3) is 0 Å². The molecule has 0 spiro atoms. The van der Waals surface area contributed by atoms with Crippen molar-refractivity contribution in [2.45, 2.75) is 32.6 Å². The lowest BCUT2D eigenvalue weighted by Crippen LogP contribution is -2.33. The lowest BCUT2D eigenvalue weighted by molar-refractivity contribution is -0.126. The molecule has 1 fully saturated rings. The van der Waals surface area contributed by atoms with Gasteiger partial charge in [0, 0.05) is 18.7 Å². The molecule has 22 heavy (non-hydrogen) atoms. The summed E-state index contributed by atoms with van der Waals surface area (Å²) in [5, 5.41) is 2.65. The van der Waals surface area contributed by atoms with E-state index in [1.54, 1.807) is 4.90 Å². The van der Waals surface area contributed by atoms with E-state index in [4.69, 9.17) is 6.42 Å². The first-order valence-corrected chi connectivity index (χ1v) is 7.76. The van der Waals surface area contributed by atoms with Gasteiger partial charge in [0.2, 0.25) is 11.8 Å². The minimum Gasteiger partial charge on any atom is -0.345 e. The van der Waals surface area contributed by atoms with Crippen LogP contribution in [0.15, 0.2) is 24.3 Å². The molecule has 0 bridgehead atoms. The highest BCUT2D eigenvalue weighted by atomic mass is 16.2. The lowest BCUT2D eigenvalue weighted by Gasteiger charge is -2.17. The molecular formula is C18H22N2O2. The van der Waals surface area contributed by atoms with Crippen LogP contribution in [-0.2, 0) is 16.0 Å². The molecule has 1 N–H and O–H groups in total. The summed E-state index contributed by atoms with van der Waals surface area (Å²) in [4.78, 5) is 25.7. The van der Waals surface area contributed by atoms with Gasteiger partial charge < -0.3 is 10.2 Å². The molecule has 2 rings (SSSR count).